The number of carbonyl (C=O) groups excluding carboxylic acids is 1. The molecule has 3 N–H and O–H groups in total. The number of amides is 1. The summed E-state index contributed by atoms with van der Waals surface area (Å²) >= 11 is 0. The molecule has 0 aromatic heterocycles. The Kier molecular flexibility index (Phi) is 6.01. The van der Waals surface area contributed by atoms with Crippen molar-refractivity contribution in [2.45, 2.75) is 54.0 Å². The van der Waals surface area contributed by atoms with E-state index in [1.54, 1.807) is 0 Å². The van der Waals surface area contributed by atoms with Crippen molar-refractivity contribution in [2.24, 2.45) is 23.0 Å². The van der Waals surface area contributed by atoms with Crippen molar-refractivity contribution >= 4 is 5.91 Å². The fourth-order valence-electron chi connectivity index (χ4n) is 1.19. The third-order valence-corrected chi connectivity index (χ3v) is 3.62. The summed E-state index contributed by atoms with van der Waals surface area (Å²) in [6.45, 7) is 13.4. The first-order chi connectivity index (χ1) is 7.20. The Hall–Kier alpha value is -0.570. The first-order valence-corrected chi connectivity index (χ1v) is 6.23. The molecule has 96 valence electrons. The lowest BCUT2D eigenvalue weighted by molar-refractivity contribution is -0.123. The van der Waals surface area contributed by atoms with Gasteiger partial charge in [0.15, 0.2) is 0 Å². The van der Waals surface area contributed by atoms with Gasteiger partial charge in [0.25, 0.3) is 0 Å². The van der Waals surface area contributed by atoms with E-state index >= 15 is 0 Å². The average Bonchev–Trinajstić information content (AvgIpc) is 2.21. The number of rotatable bonds is 5. The fourth-order valence-corrected chi connectivity index (χ4v) is 1.19. The first-order valence-electron chi connectivity index (χ1n) is 6.23. The van der Waals surface area contributed by atoms with Crippen molar-refractivity contribution in [3.63, 3.8) is 0 Å². The van der Waals surface area contributed by atoms with E-state index in [-0.39, 0.29) is 23.3 Å². The van der Waals surface area contributed by atoms with Gasteiger partial charge in [-0.3, -0.25) is 4.79 Å². The molecule has 3 atom stereocenters. The molecule has 0 fully saturated rings. The van der Waals surface area contributed by atoms with Crippen LogP contribution in [0.2, 0.25) is 0 Å². The minimum atomic E-state index is -0.378. The smallest absolute Gasteiger partial charge is 0.237 e. The van der Waals surface area contributed by atoms with Gasteiger partial charge in [-0.1, -0.05) is 48.0 Å². The number of hydrogen-bond acceptors (Lipinski definition) is 2. The van der Waals surface area contributed by atoms with Crippen LogP contribution >= 0.6 is 0 Å². The van der Waals surface area contributed by atoms with Gasteiger partial charge in [-0.15, -0.1) is 0 Å². The quantitative estimate of drug-likeness (QED) is 0.757. The molecule has 0 saturated carbocycles. The molecule has 0 aliphatic carbocycles. The second kappa shape index (κ2) is 6.24. The van der Waals surface area contributed by atoms with E-state index in [1.165, 1.54) is 0 Å². The van der Waals surface area contributed by atoms with Gasteiger partial charge in [0.2, 0.25) is 5.91 Å². The molecule has 0 aromatic rings. The Bertz CT molecular complexity index is 220. The van der Waals surface area contributed by atoms with E-state index in [0.717, 1.165) is 6.42 Å². The summed E-state index contributed by atoms with van der Waals surface area (Å²) in [5.74, 6) is 0.663. The van der Waals surface area contributed by atoms with Crippen molar-refractivity contribution in [3.05, 3.63) is 0 Å². The van der Waals surface area contributed by atoms with Gasteiger partial charge in [-0.05, 0) is 17.3 Å². The number of nitrogens with one attached hydrogen (secondary N) is 1. The molecule has 3 nitrogen and oxygen atoms in total. The summed E-state index contributed by atoms with van der Waals surface area (Å²) < 4.78 is 0. The van der Waals surface area contributed by atoms with Gasteiger partial charge in [0, 0.05) is 6.54 Å². The first kappa shape index (κ1) is 15.4. The molecule has 16 heavy (non-hydrogen) atoms. The van der Waals surface area contributed by atoms with Crippen molar-refractivity contribution in [3.8, 4) is 0 Å². The van der Waals surface area contributed by atoms with Crippen molar-refractivity contribution in [2.75, 3.05) is 6.54 Å². The number of carbonyl (C=O) groups is 1. The maximum atomic E-state index is 11.7. The third-order valence-electron chi connectivity index (χ3n) is 3.62. The zero-order valence-electron chi connectivity index (χ0n) is 11.6. The molecule has 0 saturated heterocycles. The summed E-state index contributed by atoms with van der Waals surface area (Å²) in [5, 5.41) is 2.94. The minimum Gasteiger partial charge on any atom is -0.354 e. The molecule has 0 aromatic carbocycles. The van der Waals surface area contributed by atoms with Gasteiger partial charge >= 0.3 is 0 Å². The predicted octanol–water partition coefficient (Wildman–Crippen LogP) is 2.16. The van der Waals surface area contributed by atoms with Crippen LogP contribution < -0.4 is 11.1 Å². The average molecular weight is 228 g/mol. The molecule has 0 bridgehead atoms. The molecule has 0 aliphatic rings. The second-order valence-corrected chi connectivity index (χ2v) is 5.92. The van der Waals surface area contributed by atoms with E-state index < -0.39 is 0 Å². The highest BCUT2D eigenvalue weighted by Gasteiger charge is 2.23. The summed E-state index contributed by atoms with van der Waals surface area (Å²) in [7, 11) is 0. The van der Waals surface area contributed by atoms with Crippen molar-refractivity contribution in [1.82, 2.24) is 5.32 Å². The van der Waals surface area contributed by atoms with Crippen molar-refractivity contribution < 1.29 is 4.79 Å². The summed E-state index contributed by atoms with van der Waals surface area (Å²) in [4.78, 5) is 11.7. The lowest BCUT2D eigenvalue weighted by Gasteiger charge is -2.28. The van der Waals surface area contributed by atoms with Crippen LogP contribution in [-0.2, 0) is 4.79 Å². The molecule has 0 heterocycles. The highest BCUT2D eigenvalue weighted by Crippen LogP contribution is 2.24. The zero-order valence-corrected chi connectivity index (χ0v) is 11.6. The topological polar surface area (TPSA) is 55.1 Å². The molecular weight excluding hydrogens is 200 g/mol. The Labute approximate surface area is 100 Å². The molecule has 0 spiro atoms. The molecule has 0 radical (unpaired) electrons. The molecular formula is C13H28N2O. The summed E-state index contributed by atoms with van der Waals surface area (Å²) in [6, 6.07) is -0.378. The third kappa shape index (κ3) is 4.97. The van der Waals surface area contributed by atoms with E-state index in [0.29, 0.717) is 12.5 Å². The van der Waals surface area contributed by atoms with Crippen LogP contribution in [0.1, 0.15) is 48.0 Å². The minimum absolute atomic E-state index is 0.0227. The largest absolute Gasteiger partial charge is 0.354 e. The van der Waals surface area contributed by atoms with Crippen LogP contribution in [0.4, 0.5) is 0 Å². The van der Waals surface area contributed by atoms with Crippen LogP contribution in [0.5, 0.6) is 0 Å². The molecule has 3 heteroatoms. The summed E-state index contributed by atoms with van der Waals surface area (Å²) in [5.41, 5.74) is 6.07. The lowest BCUT2D eigenvalue weighted by atomic mass is 9.82. The highest BCUT2D eigenvalue weighted by molar-refractivity contribution is 5.81. The molecule has 0 rings (SSSR count). The van der Waals surface area contributed by atoms with E-state index in [4.69, 9.17) is 5.73 Å². The normalized spacial score (nSPS) is 17.7. The molecule has 0 aliphatic heterocycles. The van der Waals surface area contributed by atoms with E-state index in [2.05, 4.69) is 39.9 Å². The van der Waals surface area contributed by atoms with Crippen LogP contribution in [0.15, 0.2) is 0 Å². The van der Waals surface area contributed by atoms with Crippen LogP contribution in [0, 0.1) is 17.3 Å². The Balaban J connectivity index is 4.08. The van der Waals surface area contributed by atoms with Gasteiger partial charge < -0.3 is 11.1 Å². The van der Waals surface area contributed by atoms with Gasteiger partial charge in [0.05, 0.1) is 6.04 Å². The zero-order chi connectivity index (χ0) is 12.9. The second-order valence-electron chi connectivity index (χ2n) is 5.92. The maximum Gasteiger partial charge on any atom is 0.237 e. The van der Waals surface area contributed by atoms with Gasteiger partial charge in [0.1, 0.15) is 0 Å². The highest BCUT2D eigenvalue weighted by atomic mass is 16.2. The monoisotopic (exact) mass is 228 g/mol. The molecule has 1 amide bonds. The van der Waals surface area contributed by atoms with Crippen LogP contribution in [0.3, 0.4) is 0 Å². The van der Waals surface area contributed by atoms with Gasteiger partial charge in [-0.25, -0.2) is 0 Å². The standard InChI is InChI=1S/C13H28N2O/c1-7-9(2)11(14)12(16)15-8-10(3)13(4,5)6/h9-11H,7-8,14H2,1-6H3,(H,15,16). The Morgan fingerprint density at radius 2 is 1.81 bits per heavy atom. The van der Waals surface area contributed by atoms with Crippen molar-refractivity contribution in [1.29, 1.82) is 0 Å². The number of hydrogen-bond donors (Lipinski definition) is 2. The van der Waals surface area contributed by atoms with E-state index in [1.807, 2.05) is 6.92 Å². The SMILES string of the molecule is CCC(C)C(N)C(=O)NCC(C)C(C)(C)C. The molecule has 3 unspecified atom stereocenters. The Morgan fingerprint density at radius 1 is 1.31 bits per heavy atom. The maximum absolute atomic E-state index is 11.7. The van der Waals surface area contributed by atoms with Crippen LogP contribution in [-0.4, -0.2) is 18.5 Å². The fraction of sp³-hybridized carbons (Fsp3) is 0.923. The van der Waals surface area contributed by atoms with Crippen LogP contribution in [0.25, 0.3) is 0 Å². The predicted molar refractivity (Wildman–Crippen MR) is 69.1 cm³/mol. The van der Waals surface area contributed by atoms with E-state index in [9.17, 15) is 4.79 Å². The number of nitrogens with two attached hydrogens (primary N) is 1. The summed E-state index contributed by atoms with van der Waals surface area (Å²) in [6.07, 6.45) is 0.934. The lowest BCUT2D eigenvalue weighted by Crippen LogP contribution is -2.46. The van der Waals surface area contributed by atoms with Gasteiger partial charge in [-0.2, -0.15) is 0 Å². The Morgan fingerprint density at radius 3 is 2.19 bits per heavy atom.